The third kappa shape index (κ3) is 2.60. The first-order valence-electron chi connectivity index (χ1n) is 4.84. The van der Waals surface area contributed by atoms with Gasteiger partial charge in [-0.3, -0.25) is 0 Å². The zero-order valence-electron chi connectivity index (χ0n) is 8.43. The summed E-state index contributed by atoms with van der Waals surface area (Å²) in [5, 5.41) is 0.203. The molecule has 2 rings (SSSR count). The fourth-order valence-corrected chi connectivity index (χ4v) is 2.83. The third-order valence-corrected chi connectivity index (χ3v) is 3.94. The Hall–Kier alpha value is -0.920. The Labute approximate surface area is 98.8 Å². The lowest BCUT2D eigenvalue weighted by Gasteiger charge is -2.15. The van der Waals surface area contributed by atoms with Crippen LogP contribution in [-0.4, -0.2) is 35.8 Å². The summed E-state index contributed by atoms with van der Waals surface area (Å²) in [5.41, 5.74) is 0. The lowest BCUT2D eigenvalue weighted by atomic mass is 10.4. The molecule has 1 aliphatic rings. The summed E-state index contributed by atoms with van der Waals surface area (Å²) < 4.78 is 27.3. The summed E-state index contributed by atoms with van der Waals surface area (Å²) in [6.07, 6.45) is 3.17. The largest absolute Gasteiger partial charge is 0.303 e. The van der Waals surface area contributed by atoms with Crippen LogP contribution in [0.2, 0.25) is 5.15 Å². The summed E-state index contributed by atoms with van der Waals surface area (Å²) in [6.45, 7) is 1.08. The predicted octanol–water partition coefficient (Wildman–Crippen LogP) is 0.882. The maximum atomic E-state index is 11.8. The molecule has 88 valence electrons. The van der Waals surface area contributed by atoms with E-state index in [1.165, 1.54) is 16.6 Å². The monoisotopic (exact) mass is 262 g/mol. The van der Waals surface area contributed by atoms with Gasteiger partial charge in [0.1, 0.15) is 5.15 Å². The molecule has 1 fully saturated rings. The number of aromatic nitrogens is 2. The van der Waals surface area contributed by atoms with Crippen molar-refractivity contribution in [1.82, 2.24) is 14.3 Å². The van der Waals surface area contributed by atoms with E-state index in [1.807, 2.05) is 0 Å². The second-order valence-electron chi connectivity index (χ2n) is 3.42. The van der Waals surface area contributed by atoms with Gasteiger partial charge in [0.05, 0.1) is 0 Å². The molecule has 1 aromatic rings. The molecule has 0 unspecified atom stereocenters. The van der Waals surface area contributed by atoms with Crippen molar-refractivity contribution in [2.45, 2.75) is 12.8 Å². The molecule has 8 heteroatoms. The Balaban J connectivity index is 2.14. The maximum absolute atomic E-state index is 11.8. The lowest BCUT2D eigenvalue weighted by molar-refractivity contribution is 0.482. The van der Waals surface area contributed by atoms with Crippen molar-refractivity contribution in [3.63, 3.8) is 0 Å². The molecule has 1 saturated heterocycles. The van der Waals surface area contributed by atoms with E-state index in [4.69, 9.17) is 11.6 Å². The number of nitrogens with one attached hydrogen (secondary N) is 1. The highest BCUT2D eigenvalue weighted by Gasteiger charge is 2.25. The van der Waals surface area contributed by atoms with Gasteiger partial charge in [-0.2, -0.15) is 12.7 Å². The summed E-state index contributed by atoms with van der Waals surface area (Å²) in [6, 6.07) is 1.48. The first-order valence-corrected chi connectivity index (χ1v) is 6.66. The number of anilines is 1. The second kappa shape index (κ2) is 4.52. The first-order chi connectivity index (χ1) is 7.58. The highest BCUT2D eigenvalue weighted by Crippen LogP contribution is 2.14. The highest BCUT2D eigenvalue weighted by atomic mass is 35.5. The van der Waals surface area contributed by atoms with Crippen molar-refractivity contribution in [1.29, 1.82) is 0 Å². The van der Waals surface area contributed by atoms with Crippen molar-refractivity contribution in [2.24, 2.45) is 0 Å². The number of hydrogen-bond acceptors (Lipinski definition) is 4. The van der Waals surface area contributed by atoms with E-state index in [2.05, 4.69) is 14.7 Å². The van der Waals surface area contributed by atoms with Crippen LogP contribution in [0.1, 0.15) is 12.8 Å². The van der Waals surface area contributed by atoms with Gasteiger partial charge in [0.15, 0.2) is 0 Å². The predicted molar refractivity (Wildman–Crippen MR) is 60.4 cm³/mol. The molecule has 0 atom stereocenters. The Morgan fingerprint density at radius 2 is 2.06 bits per heavy atom. The van der Waals surface area contributed by atoms with Crippen LogP contribution >= 0.6 is 11.6 Å². The van der Waals surface area contributed by atoms with Crippen LogP contribution in [-0.2, 0) is 10.2 Å². The Bertz CT molecular complexity index is 473. The van der Waals surface area contributed by atoms with E-state index < -0.39 is 10.2 Å². The van der Waals surface area contributed by atoms with E-state index in [1.54, 1.807) is 0 Å². The molecule has 0 aliphatic carbocycles. The van der Waals surface area contributed by atoms with Gasteiger partial charge in [-0.05, 0) is 18.9 Å². The van der Waals surface area contributed by atoms with Gasteiger partial charge in [0, 0.05) is 19.3 Å². The average Bonchev–Trinajstić information content (AvgIpc) is 2.69. The molecule has 2 heterocycles. The van der Waals surface area contributed by atoms with Gasteiger partial charge in [-0.25, -0.2) is 14.7 Å². The Morgan fingerprint density at radius 1 is 1.38 bits per heavy atom. The molecule has 0 spiro atoms. The molecular formula is C8H11ClN4O2S. The van der Waals surface area contributed by atoms with Crippen molar-refractivity contribution >= 4 is 27.8 Å². The van der Waals surface area contributed by atoms with Gasteiger partial charge < -0.3 is 0 Å². The minimum atomic E-state index is -3.53. The van der Waals surface area contributed by atoms with Crippen LogP contribution < -0.4 is 4.72 Å². The molecule has 0 aromatic carbocycles. The fourth-order valence-electron chi connectivity index (χ4n) is 1.49. The van der Waals surface area contributed by atoms with E-state index >= 15 is 0 Å². The number of rotatable bonds is 3. The molecule has 1 aliphatic heterocycles. The smallest absolute Gasteiger partial charge is 0.238 e. The second-order valence-corrected chi connectivity index (χ2v) is 5.47. The molecule has 16 heavy (non-hydrogen) atoms. The van der Waals surface area contributed by atoms with Crippen LogP contribution in [0.25, 0.3) is 0 Å². The molecule has 1 N–H and O–H groups in total. The molecule has 0 bridgehead atoms. The summed E-state index contributed by atoms with van der Waals surface area (Å²) >= 11 is 5.63. The van der Waals surface area contributed by atoms with Crippen molar-refractivity contribution in [3.8, 4) is 0 Å². The summed E-state index contributed by atoms with van der Waals surface area (Å²) in [5.74, 6) is -0.000556. The number of nitrogens with zero attached hydrogens (tertiary/aromatic N) is 3. The van der Waals surface area contributed by atoms with E-state index in [-0.39, 0.29) is 11.1 Å². The minimum absolute atomic E-state index is 0.000556. The molecule has 0 amide bonds. The first kappa shape index (κ1) is 11.6. The summed E-state index contributed by atoms with van der Waals surface area (Å²) in [7, 11) is -3.53. The van der Waals surface area contributed by atoms with E-state index in [0.29, 0.717) is 13.1 Å². The van der Waals surface area contributed by atoms with Crippen LogP contribution in [0.3, 0.4) is 0 Å². The molecular weight excluding hydrogens is 252 g/mol. The average molecular weight is 263 g/mol. The van der Waals surface area contributed by atoms with Crippen LogP contribution in [0.4, 0.5) is 5.95 Å². The van der Waals surface area contributed by atoms with Gasteiger partial charge in [-0.15, -0.1) is 0 Å². The number of hydrogen-bond donors (Lipinski definition) is 1. The van der Waals surface area contributed by atoms with Crippen LogP contribution in [0, 0.1) is 0 Å². The standard InChI is InChI=1S/C8H11ClN4O2S/c9-7-3-4-10-8(11-7)12-16(14,15)13-5-1-2-6-13/h3-4H,1-2,5-6H2,(H,10,11,12). The van der Waals surface area contributed by atoms with Crippen molar-refractivity contribution in [2.75, 3.05) is 17.8 Å². The SMILES string of the molecule is O=S(=O)(Nc1nccc(Cl)n1)N1CCCC1. The fraction of sp³-hybridized carbons (Fsp3) is 0.500. The summed E-state index contributed by atoms with van der Waals surface area (Å²) in [4.78, 5) is 7.55. The zero-order valence-corrected chi connectivity index (χ0v) is 10.00. The van der Waals surface area contributed by atoms with Gasteiger partial charge in [-0.1, -0.05) is 11.6 Å². The lowest BCUT2D eigenvalue weighted by Crippen LogP contribution is -2.33. The zero-order chi connectivity index (χ0) is 11.6. The quantitative estimate of drug-likeness (QED) is 0.821. The minimum Gasteiger partial charge on any atom is -0.238 e. The third-order valence-electron chi connectivity index (χ3n) is 2.25. The van der Waals surface area contributed by atoms with Crippen molar-refractivity contribution < 1.29 is 8.42 Å². The molecule has 1 aromatic heterocycles. The molecule has 0 radical (unpaired) electrons. The maximum Gasteiger partial charge on any atom is 0.303 e. The Morgan fingerprint density at radius 3 is 2.69 bits per heavy atom. The van der Waals surface area contributed by atoms with Gasteiger partial charge in [0.25, 0.3) is 0 Å². The van der Waals surface area contributed by atoms with Crippen molar-refractivity contribution in [3.05, 3.63) is 17.4 Å². The highest BCUT2D eigenvalue weighted by molar-refractivity contribution is 7.90. The van der Waals surface area contributed by atoms with Gasteiger partial charge in [0.2, 0.25) is 5.95 Å². The molecule has 6 nitrogen and oxygen atoms in total. The van der Waals surface area contributed by atoms with Gasteiger partial charge >= 0.3 is 10.2 Å². The number of halogens is 1. The van der Waals surface area contributed by atoms with Crippen LogP contribution in [0.5, 0.6) is 0 Å². The van der Waals surface area contributed by atoms with E-state index in [0.717, 1.165) is 12.8 Å². The normalized spacial score (nSPS) is 17.6. The van der Waals surface area contributed by atoms with Crippen LogP contribution in [0.15, 0.2) is 12.3 Å². The topological polar surface area (TPSA) is 75.2 Å². The van der Waals surface area contributed by atoms with E-state index in [9.17, 15) is 8.42 Å². The molecule has 0 saturated carbocycles. The Kier molecular flexibility index (Phi) is 3.27.